The fourth-order valence-corrected chi connectivity index (χ4v) is 2.19. The molecule has 2 aromatic rings. The first kappa shape index (κ1) is 16.0. The Kier molecular flexibility index (Phi) is 5.98. The molecular weight excluding hydrogens is 278 g/mol. The number of rotatable bonds is 7. The van der Waals surface area contributed by atoms with Gasteiger partial charge in [-0.3, -0.25) is 4.79 Å². The highest BCUT2D eigenvalue weighted by Crippen LogP contribution is 2.17. The van der Waals surface area contributed by atoms with Crippen LogP contribution < -0.4 is 10.1 Å². The Balaban J connectivity index is 1.74. The topological polar surface area (TPSA) is 58.6 Å². The van der Waals surface area contributed by atoms with Gasteiger partial charge in [-0.1, -0.05) is 48.5 Å². The van der Waals surface area contributed by atoms with Crippen molar-refractivity contribution in [2.24, 2.45) is 0 Å². The first-order chi connectivity index (χ1) is 10.6. The van der Waals surface area contributed by atoms with Crippen molar-refractivity contribution in [2.45, 2.75) is 25.5 Å². The molecule has 4 nitrogen and oxygen atoms in total. The number of ether oxygens (including phenoxy) is 1. The molecule has 0 saturated carbocycles. The van der Waals surface area contributed by atoms with Gasteiger partial charge in [-0.25, -0.2) is 0 Å². The van der Waals surface area contributed by atoms with Crippen molar-refractivity contribution in [2.75, 3.05) is 6.61 Å². The summed E-state index contributed by atoms with van der Waals surface area (Å²) in [4.78, 5) is 11.8. The van der Waals surface area contributed by atoms with Crippen LogP contribution in [-0.4, -0.2) is 23.7 Å². The SMILES string of the molecule is C[C@H](C[C@H](O)c1ccccc1)NC(=O)COc1ccccc1. The molecule has 22 heavy (non-hydrogen) atoms. The Morgan fingerprint density at radius 3 is 2.32 bits per heavy atom. The molecule has 4 heteroatoms. The summed E-state index contributed by atoms with van der Waals surface area (Å²) in [5, 5.41) is 13.0. The van der Waals surface area contributed by atoms with Crippen molar-refractivity contribution >= 4 is 5.91 Å². The number of para-hydroxylation sites is 1. The van der Waals surface area contributed by atoms with Gasteiger partial charge in [-0.05, 0) is 31.0 Å². The van der Waals surface area contributed by atoms with E-state index >= 15 is 0 Å². The van der Waals surface area contributed by atoms with Gasteiger partial charge < -0.3 is 15.2 Å². The molecule has 0 radical (unpaired) electrons. The number of carbonyl (C=O) groups excluding carboxylic acids is 1. The highest BCUT2D eigenvalue weighted by Gasteiger charge is 2.14. The first-order valence-electron chi connectivity index (χ1n) is 7.35. The lowest BCUT2D eigenvalue weighted by molar-refractivity contribution is -0.123. The summed E-state index contributed by atoms with van der Waals surface area (Å²) in [6.07, 6.45) is -0.132. The van der Waals surface area contributed by atoms with Crippen molar-refractivity contribution < 1.29 is 14.6 Å². The second kappa shape index (κ2) is 8.20. The van der Waals surface area contributed by atoms with Crippen LogP contribution >= 0.6 is 0 Å². The largest absolute Gasteiger partial charge is 0.484 e. The summed E-state index contributed by atoms with van der Waals surface area (Å²) in [6.45, 7) is 1.84. The number of aliphatic hydroxyl groups is 1. The zero-order valence-corrected chi connectivity index (χ0v) is 12.6. The van der Waals surface area contributed by atoms with E-state index in [1.165, 1.54) is 0 Å². The van der Waals surface area contributed by atoms with Crippen LogP contribution in [0.25, 0.3) is 0 Å². The molecule has 0 aliphatic carbocycles. The fourth-order valence-electron chi connectivity index (χ4n) is 2.19. The van der Waals surface area contributed by atoms with E-state index in [-0.39, 0.29) is 18.6 Å². The highest BCUT2D eigenvalue weighted by molar-refractivity contribution is 5.77. The average Bonchev–Trinajstić information content (AvgIpc) is 2.54. The minimum absolute atomic E-state index is 0.0320. The van der Waals surface area contributed by atoms with Crippen molar-refractivity contribution in [3.63, 3.8) is 0 Å². The molecule has 2 aromatic carbocycles. The van der Waals surface area contributed by atoms with Gasteiger partial charge in [0.2, 0.25) is 0 Å². The van der Waals surface area contributed by atoms with E-state index in [1.54, 1.807) is 12.1 Å². The molecule has 0 fully saturated rings. The minimum Gasteiger partial charge on any atom is -0.484 e. The number of benzene rings is 2. The third-order valence-corrected chi connectivity index (χ3v) is 3.28. The quantitative estimate of drug-likeness (QED) is 0.826. The normalized spacial score (nSPS) is 13.2. The van der Waals surface area contributed by atoms with Gasteiger partial charge in [-0.2, -0.15) is 0 Å². The summed E-state index contributed by atoms with van der Waals surface area (Å²) in [5.41, 5.74) is 0.851. The molecule has 0 spiro atoms. The lowest BCUT2D eigenvalue weighted by Gasteiger charge is -2.18. The van der Waals surface area contributed by atoms with Gasteiger partial charge in [0.05, 0.1) is 6.10 Å². The Labute approximate surface area is 130 Å². The summed E-state index contributed by atoms with van der Waals surface area (Å²) in [6, 6.07) is 18.5. The predicted molar refractivity (Wildman–Crippen MR) is 85.6 cm³/mol. The van der Waals surface area contributed by atoms with Crippen LogP contribution in [0.5, 0.6) is 5.75 Å². The van der Waals surface area contributed by atoms with Crippen molar-refractivity contribution in [3.8, 4) is 5.75 Å². The number of nitrogens with one attached hydrogen (secondary N) is 1. The van der Waals surface area contributed by atoms with E-state index in [0.29, 0.717) is 12.2 Å². The lowest BCUT2D eigenvalue weighted by Crippen LogP contribution is -2.37. The van der Waals surface area contributed by atoms with Crippen LogP contribution in [0.4, 0.5) is 0 Å². The van der Waals surface area contributed by atoms with Gasteiger partial charge >= 0.3 is 0 Å². The maximum atomic E-state index is 11.8. The molecule has 2 atom stereocenters. The third kappa shape index (κ3) is 5.22. The monoisotopic (exact) mass is 299 g/mol. The molecular formula is C18H21NO3. The molecule has 116 valence electrons. The Bertz CT molecular complexity index is 571. The number of carbonyl (C=O) groups is 1. The van der Waals surface area contributed by atoms with Crippen molar-refractivity contribution in [1.82, 2.24) is 5.32 Å². The van der Waals surface area contributed by atoms with Crippen LogP contribution in [0.3, 0.4) is 0 Å². The second-order valence-electron chi connectivity index (χ2n) is 5.23. The van der Waals surface area contributed by atoms with Crippen LogP contribution in [0.1, 0.15) is 25.0 Å². The maximum absolute atomic E-state index is 11.8. The van der Waals surface area contributed by atoms with Gasteiger partial charge in [-0.15, -0.1) is 0 Å². The van der Waals surface area contributed by atoms with E-state index in [9.17, 15) is 9.90 Å². The molecule has 0 aromatic heterocycles. The molecule has 0 aliphatic heterocycles. The van der Waals surface area contributed by atoms with Gasteiger partial charge in [0.25, 0.3) is 5.91 Å². The zero-order valence-electron chi connectivity index (χ0n) is 12.6. The first-order valence-corrected chi connectivity index (χ1v) is 7.35. The fraction of sp³-hybridized carbons (Fsp3) is 0.278. The van der Waals surface area contributed by atoms with Gasteiger partial charge in [0, 0.05) is 6.04 Å². The van der Waals surface area contributed by atoms with Crippen LogP contribution in [0, 0.1) is 0 Å². The Morgan fingerprint density at radius 2 is 1.68 bits per heavy atom. The average molecular weight is 299 g/mol. The minimum atomic E-state index is -0.591. The van der Waals surface area contributed by atoms with E-state index in [1.807, 2.05) is 55.5 Å². The molecule has 0 saturated heterocycles. The second-order valence-corrected chi connectivity index (χ2v) is 5.23. The van der Waals surface area contributed by atoms with Gasteiger partial charge in [0.15, 0.2) is 6.61 Å². The summed E-state index contributed by atoms with van der Waals surface area (Å²) in [7, 11) is 0. The smallest absolute Gasteiger partial charge is 0.258 e. The number of amides is 1. The number of hydrogen-bond donors (Lipinski definition) is 2. The Hall–Kier alpha value is -2.33. The summed E-state index contributed by atoms with van der Waals surface area (Å²) >= 11 is 0. The predicted octanol–water partition coefficient (Wildman–Crippen LogP) is 2.69. The molecule has 1 amide bonds. The third-order valence-electron chi connectivity index (χ3n) is 3.28. The van der Waals surface area contributed by atoms with Crippen molar-refractivity contribution in [3.05, 3.63) is 66.2 Å². The zero-order chi connectivity index (χ0) is 15.8. The van der Waals surface area contributed by atoms with Gasteiger partial charge in [0.1, 0.15) is 5.75 Å². The van der Waals surface area contributed by atoms with E-state index in [4.69, 9.17) is 4.74 Å². The molecule has 2 N–H and O–H groups in total. The maximum Gasteiger partial charge on any atom is 0.258 e. The molecule has 0 heterocycles. The number of hydrogen-bond acceptors (Lipinski definition) is 3. The molecule has 0 bridgehead atoms. The standard InChI is InChI=1S/C18H21NO3/c1-14(12-17(20)15-8-4-2-5-9-15)19-18(21)13-22-16-10-6-3-7-11-16/h2-11,14,17,20H,12-13H2,1H3,(H,19,21)/t14-,17+/m1/s1. The highest BCUT2D eigenvalue weighted by atomic mass is 16.5. The van der Waals surface area contributed by atoms with E-state index < -0.39 is 6.10 Å². The summed E-state index contributed by atoms with van der Waals surface area (Å²) < 4.78 is 5.38. The van der Waals surface area contributed by atoms with Crippen LogP contribution in [0.2, 0.25) is 0 Å². The van der Waals surface area contributed by atoms with Crippen molar-refractivity contribution in [1.29, 1.82) is 0 Å². The Morgan fingerprint density at radius 1 is 1.09 bits per heavy atom. The molecule has 0 unspecified atom stereocenters. The molecule has 0 aliphatic rings. The summed E-state index contributed by atoms with van der Waals surface area (Å²) in [5.74, 6) is 0.464. The molecule has 2 rings (SSSR count). The van der Waals surface area contributed by atoms with E-state index in [0.717, 1.165) is 5.56 Å². The lowest BCUT2D eigenvalue weighted by atomic mass is 10.0. The number of aliphatic hydroxyl groups excluding tert-OH is 1. The van der Waals surface area contributed by atoms with Crippen LogP contribution in [-0.2, 0) is 4.79 Å². The van der Waals surface area contributed by atoms with Crippen LogP contribution in [0.15, 0.2) is 60.7 Å². The van der Waals surface area contributed by atoms with E-state index in [2.05, 4.69) is 5.32 Å².